The number of nitrogens with zero attached hydrogens (tertiary/aromatic N) is 2. The second-order valence-corrected chi connectivity index (χ2v) is 3.52. The number of hydrogen-bond acceptors (Lipinski definition) is 2. The lowest BCUT2D eigenvalue weighted by Crippen LogP contribution is -2.48. The average molecular weight is 207 g/mol. The number of aromatic nitrogens is 1. The Morgan fingerprint density at radius 2 is 2.07 bits per heavy atom. The molecule has 1 saturated heterocycles. The van der Waals surface area contributed by atoms with E-state index in [0.717, 1.165) is 6.41 Å². The van der Waals surface area contributed by atoms with E-state index in [2.05, 4.69) is 4.98 Å². The normalized spacial score (nSPS) is 16.5. The van der Waals surface area contributed by atoms with Crippen molar-refractivity contribution in [1.29, 1.82) is 0 Å². The molecule has 1 aliphatic heterocycles. The quantitative estimate of drug-likeness (QED) is 0.690. The molecule has 2 heterocycles. The summed E-state index contributed by atoms with van der Waals surface area (Å²) in [5, 5.41) is 0. The second kappa shape index (κ2) is 4.16. The highest BCUT2D eigenvalue weighted by atomic mass is 16.2. The van der Waals surface area contributed by atoms with Crippen LogP contribution < -0.4 is 0 Å². The minimum atomic E-state index is 0.00514. The fraction of sp³-hybridized carbons (Fsp3) is 0.400. The Morgan fingerprint density at radius 3 is 2.60 bits per heavy atom. The summed E-state index contributed by atoms with van der Waals surface area (Å²) in [4.78, 5) is 28.6. The van der Waals surface area contributed by atoms with Gasteiger partial charge in [0.05, 0.1) is 0 Å². The highest BCUT2D eigenvalue weighted by molar-refractivity contribution is 5.92. The number of piperazine rings is 1. The van der Waals surface area contributed by atoms with Crippen molar-refractivity contribution in [3.63, 3.8) is 0 Å². The van der Waals surface area contributed by atoms with Gasteiger partial charge in [-0.1, -0.05) is 0 Å². The Hall–Kier alpha value is -1.78. The van der Waals surface area contributed by atoms with E-state index < -0.39 is 0 Å². The van der Waals surface area contributed by atoms with Gasteiger partial charge in [0.25, 0.3) is 5.91 Å². The summed E-state index contributed by atoms with van der Waals surface area (Å²) in [5.74, 6) is 0.00514. The Labute approximate surface area is 87.7 Å². The summed E-state index contributed by atoms with van der Waals surface area (Å²) in [6.45, 7) is 2.46. The molecule has 0 spiro atoms. The van der Waals surface area contributed by atoms with Crippen LogP contribution in [0.5, 0.6) is 0 Å². The predicted molar refractivity (Wildman–Crippen MR) is 54.3 cm³/mol. The summed E-state index contributed by atoms with van der Waals surface area (Å²) in [6.07, 6.45) is 2.56. The number of hydrogen-bond donors (Lipinski definition) is 1. The number of nitrogens with one attached hydrogen (secondary N) is 1. The molecule has 0 saturated carbocycles. The zero-order valence-electron chi connectivity index (χ0n) is 8.35. The first-order valence-electron chi connectivity index (χ1n) is 4.93. The van der Waals surface area contributed by atoms with Crippen molar-refractivity contribution in [1.82, 2.24) is 14.8 Å². The number of carbonyl (C=O) groups excluding carboxylic acids is 2. The molecule has 1 fully saturated rings. The monoisotopic (exact) mass is 207 g/mol. The third-order valence-electron chi connectivity index (χ3n) is 2.58. The summed E-state index contributed by atoms with van der Waals surface area (Å²) in [6, 6.07) is 3.56. The highest BCUT2D eigenvalue weighted by Crippen LogP contribution is 2.05. The van der Waals surface area contributed by atoms with E-state index in [4.69, 9.17) is 0 Å². The van der Waals surface area contributed by atoms with Crippen LogP contribution in [0.3, 0.4) is 0 Å². The number of aromatic amines is 1. The van der Waals surface area contributed by atoms with E-state index in [1.165, 1.54) is 0 Å². The van der Waals surface area contributed by atoms with Crippen LogP contribution in [0, 0.1) is 0 Å². The van der Waals surface area contributed by atoms with Crippen molar-refractivity contribution < 1.29 is 9.59 Å². The van der Waals surface area contributed by atoms with Gasteiger partial charge in [-0.3, -0.25) is 9.59 Å². The molecule has 1 aromatic rings. The molecule has 1 N–H and O–H groups in total. The maximum absolute atomic E-state index is 11.8. The van der Waals surface area contributed by atoms with E-state index in [0.29, 0.717) is 31.9 Å². The number of carbonyl (C=O) groups is 2. The van der Waals surface area contributed by atoms with Crippen molar-refractivity contribution >= 4 is 12.3 Å². The molecular weight excluding hydrogens is 194 g/mol. The summed E-state index contributed by atoms with van der Waals surface area (Å²) in [7, 11) is 0. The lowest BCUT2D eigenvalue weighted by atomic mass is 10.3. The van der Waals surface area contributed by atoms with Crippen LogP contribution in [0.4, 0.5) is 0 Å². The lowest BCUT2D eigenvalue weighted by Gasteiger charge is -2.32. The van der Waals surface area contributed by atoms with Crippen LogP contribution in [0.25, 0.3) is 0 Å². The van der Waals surface area contributed by atoms with Gasteiger partial charge in [-0.2, -0.15) is 0 Å². The Balaban J connectivity index is 1.96. The Morgan fingerprint density at radius 1 is 1.33 bits per heavy atom. The van der Waals surface area contributed by atoms with Gasteiger partial charge in [0, 0.05) is 32.4 Å². The molecule has 1 aliphatic rings. The van der Waals surface area contributed by atoms with Crippen LogP contribution >= 0.6 is 0 Å². The zero-order chi connectivity index (χ0) is 10.7. The van der Waals surface area contributed by atoms with Crippen molar-refractivity contribution in [3.8, 4) is 0 Å². The number of H-pyrrole nitrogens is 1. The van der Waals surface area contributed by atoms with Gasteiger partial charge >= 0.3 is 0 Å². The molecule has 2 rings (SSSR count). The first kappa shape index (κ1) is 9.76. The first-order valence-corrected chi connectivity index (χ1v) is 4.93. The van der Waals surface area contributed by atoms with E-state index in [1.54, 1.807) is 28.1 Å². The molecule has 1 aromatic heterocycles. The largest absolute Gasteiger partial charge is 0.357 e. The first-order chi connectivity index (χ1) is 7.31. The third kappa shape index (κ3) is 2.01. The number of rotatable bonds is 2. The van der Waals surface area contributed by atoms with Crippen LogP contribution in [0.15, 0.2) is 18.3 Å². The van der Waals surface area contributed by atoms with Crippen LogP contribution in [-0.2, 0) is 4.79 Å². The van der Waals surface area contributed by atoms with Crippen LogP contribution in [0.1, 0.15) is 10.5 Å². The van der Waals surface area contributed by atoms with E-state index in [-0.39, 0.29) is 5.91 Å². The second-order valence-electron chi connectivity index (χ2n) is 3.52. The highest BCUT2D eigenvalue weighted by Gasteiger charge is 2.21. The molecule has 80 valence electrons. The number of amides is 2. The van der Waals surface area contributed by atoms with Crippen molar-refractivity contribution in [2.45, 2.75) is 0 Å². The molecule has 0 aliphatic carbocycles. The summed E-state index contributed by atoms with van der Waals surface area (Å²) < 4.78 is 0. The molecular formula is C10H13N3O2. The smallest absolute Gasteiger partial charge is 0.270 e. The van der Waals surface area contributed by atoms with Crippen LogP contribution in [-0.4, -0.2) is 53.3 Å². The van der Waals surface area contributed by atoms with Crippen molar-refractivity contribution in [2.75, 3.05) is 26.2 Å². The minimum absolute atomic E-state index is 0.00514. The molecule has 0 bridgehead atoms. The molecule has 0 unspecified atom stereocenters. The van der Waals surface area contributed by atoms with Crippen LogP contribution in [0.2, 0.25) is 0 Å². The van der Waals surface area contributed by atoms with E-state index >= 15 is 0 Å². The average Bonchev–Trinajstić information content (AvgIpc) is 2.82. The topological polar surface area (TPSA) is 56.4 Å². The maximum Gasteiger partial charge on any atom is 0.270 e. The van der Waals surface area contributed by atoms with Gasteiger partial charge < -0.3 is 14.8 Å². The lowest BCUT2D eigenvalue weighted by molar-refractivity contribution is -0.119. The van der Waals surface area contributed by atoms with Crippen molar-refractivity contribution in [3.05, 3.63) is 24.0 Å². The Bertz CT molecular complexity index is 340. The van der Waals surface area contributed by atoms with Gasteiger partial charge in [-0.25, -0.2) is 0 Å². The maximum atomic E-state index is 11.8. The van der Waals surface area contributed by atoms with E-state index in [9.17, 15) is 9.59 Å². The predicted octanol–water partition coefficient (Wildman–Crippen LogP) is -0.0711. The standard InChI is InChI=1S/C10H13N3O2/c14-8-12-4-6-13(7-5-12)10(15)9-2-1-3-11-9/h1-3,8,11H,4-7H2. The molecule has 0 aromatic carbocycles. The molecule has 0 radical (unpaired) electrons. The van der Waals surface area contributed by atoms with Gasteiger partial charge in [0.15, 0.2) is 0 Å². The fourth-order valence-electron chi connectivity index (χ4n) is 1.66. The molecule has 15 heavy (non-hydrogen) atoms. The fourth-order valence-corrected chi connectivity index (χ4v) is 1.66. The molecule has 0 atom stereocenters. The van der Waals surface area contributed by atoms with Gasteiger partial charge in [0.1, 0.15) is 5.69 Å². The molecule has 5 heteroatoms. The van der Waals surface area contributed by atoms with Gasteiger partial charge in [-0.05, 0) is 12.1 Å². The minimum Gasteiger partial charge on any atom is -0.357 e. The SMILES string of the molecule is O=CN1CCN(C(=O)c2ccc[nH]2)CC1. The Kier molecular flexibility index (Phi) is 2.71. The third-order valence-corrected chi connectivity index (χ3v) is 2.58. The van der Waals surface area contributed by atoms with Crippen molar-refractivity contribution in [2.24, 2.45) is 0 Å². The van der Waals surface area contributed by atoms with E-state index in [1.807, 2.05) is 0 Å². The molecule has 2 amide bonds. The molecule has 5 nitrogen and oxygen atoms in total. The summed E-state index contributed by atoms with van der Waals surface area (Å²) in [5.41, 5.74) is 0.606. The zero-order valence-corrected chi connectivity index (χ0v) is 8.35. The van der Waals surface area contributed by atoms with Gasteiger partial charge in [-0.15, -0.1) is 0 Å². The summed E-state index contributed by atoms with van der Waals surface area (Å²) >= 11 is 0. The van der Waals surface area contributed by atoms with Gasteiger partial charge in [0.2, 0.25) is 6.41 Å².